The number of nitrogens with zero attached hydrogens (tertiary/aromatic N) is 5. The van der Waals surface area contributed by atoms with E-state index in [1.165, 1.54) is 6.33 Å². The van der Waals surface area contributed by atoms with Gasteiger partial charge in [-0.05, 0) is 6.92 Å². The van der Waals surface area contributed by atoms with Gasteiger partial charge in [0.2, 0.25) is 11.8 Å². The van der Waals surface area contributed by atoms with Crippen LogP contribution in [0.15, 0.2) is 17.2 Å². The maximum atomic E-state index is 11.8. The van der Waals surface area contributed by atoms with Gasteiger partial charge in [0.25, 0.3) is 0 Å². The van der Waals surface area contributed by atoms with Gasteiger partial charge in [0.15, 0.2) is 5.82 Å². The minimum Gasteiger partial charge on any atom is -0.345 e. The van der Waals surface area contributed by atoms with Gasteiger partial charge in [0.1, 0.15) is 18.7 Å². The quantitative estimate of drug-likeness (QED) is 0.848. The fourth-order valence-electron chi connectivity index (χ4n) is 1.60. The molecule has 0 bridgehead atoms. The first-order valence-corrected chi connectivity index (χ1v) is 6.51. The zero-order valence-electron chi connectivity index (χ0n) is 11.8. The van der Waals surface area contributed by atoms with Gasteiger partial charge in [-0.2, -0.15) is 10.1 Å². The van der Waals surface area contributed by atoms with Crippen LogP contribution >= 0.6 is 0 Å². The maximum Gasteiger partial charge on any atom is 0.248 e. The van der Waals surface area contributed by atoms with Crippen LogP contribution in [0.5, 0.6) is 0 Å². The third-order valence-corrected chi connectivity index (χ3v) is 2.76. The van der Waals surface area contributed by atoms with Crippen molar-refractivity contribution < 1.29 is 9.32 Å². The lowest BCUT2D eigenvalue weighted by Crippen LogP contribution is -2.27. The van der Waals surface area contributed by atoms with Crippen molar-refractivity contribution in [1.29, 1.82) is 0 Å². The average Bonchev–Trinajstić information content (AvgIpc) is 3.07. The van der Waals surface area contributed by atoms with Gasteiger partial charge in [-0.3, -0.25) is 9.48 Å². The molecule has 108 valence electrons. The van der Waals surface area contributed by atoms with E-state index < -0.39 is 0 Å². The van der Waals surface area contributed by atoms with Gasteiger partial charge in [0, 0.05) is 12.3 Å². The Morgan fingerprint density at radius 2 is 2.25 bits per heavy atom. The molecule has 2 heterocycles. The monoisotopic (exact) mass is 278 g/mol. The molecule has 1 amide bonds. The summed E-state index contributed by atoms with van der Waals surface area (Å²) in [5.41, 5.74) is 0. The number of hydrogen-bond donors (Lipinski definition) is 1. The Balaban J connectivity index is 1.83. The molecule has 0 saturated carbocycles. The van der Waals surface area contributed by atoms with E-state index in [0.717, 1.165) is 0 Å². The summed E-state index contributed by atoms with van der Waals surface area (Å²) in [6, 6.07) is -0.307. The van der Waals surface area contributed by atoms with Crippen LogP contribution in [0.2, 0.25) is 0 Å². The van der Waals surface area contributed by atoms with Crippen molar-refractivity contribution >= 4 is 5.91 Å². The number of aryl methyl sites for hydroxylation is 1. The molecular weight excluding hydrogens is 260 g/mol. The highest BCUT2D eigenvalue weighted by Gasteiger charge is 2.17. The van der Waals surface area contributed by atoms with Crippen LogP contribution in [0.4, 0.5) is 0 Å². The van der Waals surface area contributed by atoms with Gasteiger partial charge >= 0.3 is 0 Å². The topological polar surface area (TPSA) is 98.7 Å². The van der Waals surface area contributed by atoms with Crippen molar-refractivity contribution in [3.8, 4) is 0 Å². The number of hydrogen-bond acceptors (Lipinski definition) is 6. The molecule has 0 radical (unpaired) electrons. The van der Waals surface area contributed by atoms with E-state index >= 15 is 0 Å². The zero-order valence-corrected chi connectivity index (χ0v) is 11.8. The molecule has 2 aromatic heterocycles. The first-order valence-electron chi connectivity index (χ1n) is 6.51. The molecular formula is C12H18N6O2. The van der Waals surface area contributed by atoms with Crippen LogP contribution in [0.3, 0.4) is 0 Å². The van der Waals surface area contributed by atoms with Crippen LogP contribution < -0.4 is 5.32 Å². The van der Waals surface area contributed by atoms with Gasteiger partial charge in [-0.25, -0.2) is 4.98 Å². The maximum absolute atomic E-state index is 11.8. The smallest absolute Gasteiger partial charge is 0.248 e. The summed E-state index contributed by atoms with van der Waals surface area (Å²) in [5, 5.41) is 10.6. The predicted octanol–water partition coefficient (Wildman–Crippen LogP) is 1.05. The Kier molecular flexibility index (Phi) is 4.44. The molecule has 1 N–H and O–H groups in total. The average molecular weight is 278 g/mol. The molecule has 2 rings (SSSR count). The molecule has 8 nitrogen and oxygen atoms in total. The summed E-state index contributed by atoms with van der Waals surface area (Å²) < 4.78 is 6.74. The molecule has 0 aliphatic carbocycles. The van der Waals surface area contributed by atoms with E-state index in [1.807, 2.05) is 20.8 Å². The highest BCUT2D eigenvalue weighted by atomic mass is 16.5. The number of aromatic nitrogens is 5. The van der Waals surface area contributed by atoms with Gasteiger partial charge in [-0.1, -0.05) is 19.0 Å². The highest BCUT2D eigenvalue weighted by molar-refractivity contribution is 5.76. The fraction of sp³-hybridized carbons (Fsp3) is 0.583. The molecule has 8 heteroatoms. The lowest BCUT2D eigenvalue weighted by Gasteiger charge is -2.09. The normalized spacial score (nSPS) is 12.6. The third kappa shape index (κ3) is 3.62. The predicted molar refractivity (Wildman–Crippen MR) is 69.6 cm³/mol. The van der Waals surface area contributed by atoms with Crippen LogP contribution in [0.1, 0.15) is 50.9 Å². The van der Waals surface area contributed by atoms with E-state index in [4.69, 9.17) is 4.52 Å². The van der Waals surface area contributed by atoms with Crippen molar-refractivity contribution in [2.24, 2.45) is 0 Å². The van der Waals surface area contributed by atoms with Gasteiger partial charge in [-0.15, -0.1) is 0 Å². The zero-order chi connectivity index (χ0) is 14.5. The number of carbonyl (C=O) groups is 1. The summed E-state index contributed by atoms with van der Waals surface area (Å²) in [7, 11) is 0. The number of rotatable bonds is 6. The Hall–Kier alpha value is -2.25. The lowest BCUT2D eigenvalue weighted by atomic mass is 10.2. The van der Waals surface area contributed by atoms with E-state index in [9.17, 15) is 4.79 Å². The fourth-order valence-corrected chi connectivity index (χ4v) is 1.60. The molecule has 0 aliphatic heterocycles. The van der Waals surface area contributed by atoms with Crippen LogP contribution in [-0.2, 0) is 11.3 Å². The number of amides is 1. The molecule has 0 aromatic carbocycles. The standard InChI is InChI=1S/C12H18N6O2/c1-8(2)11-16-12(20-17-11)9(3)15-10(19)4-5-18-7-13-6-14-18/h6-9H,4-5H2,1-3H3,(H,15,19). The summed E-state index contributed by atoms with van der Waals surface area (Å²) in [4.78, 5) is 19.9. The molecule has 2 aromatic rings. The molecule has 0 spiro atoms. The molecule has 0 fully saturated rings. The largest absolute Gasteiger partial charge is 0.345 e. The van der Waals surface area contributed by atoms with E-state index in [1.54, 1.807) is 11.0 Å². The second-order valence-electron chi connectivity index (χ2n) is 4.84. The Morgan fingerprint density at radius 3 is 2.85 bits per heavy atom. The van der Waals surface area contributed by atoms with E-state index in [0.29, 0.717) is 24.7 Å². The lowest BCUT2D eigenvalue weighted by molar-refractivity contribution is -0.122. The third-order valence-electron chi connectivity index (χ3n) is 2.76. The van der Waals surface area contributed by atoms with Gasteiger partial charge in [0.05, 0.1) is 6.54 Å². The van der Waals surface area contributed by atoms with Crippen molar-refractivity contribution in [3.63, 3.8) is 0 Å². The van der Waals surface area contributed by atoms with Crippen molar-refractivity contribution in [1.82, 2.24) is 30.2 Å². The second-order valence-corrected chi connectivity index (χ2v) is 4.84. The first kappa shape index (κ1) is 14.2. The Morgan fingerprint density at radius 1 is 1.45 bits per heavy atom. The summed E-state index contributed by atoms with van der Waals surface area (Å²) in [5.74, 6) is 1.16. The first-order chi connectivity index (χ1) is 9.56. The van der Waals surface area contributed by atoms with Crippen LogP contribution in [-0.4, -0.2) is 30.8 Å². The highest BCUT2D eigenvalue weighted by Crippen LogP contribution is 2.14. The molecule has 0 aliphatic rings. The van der Waals surface area contributed by atoms with Crippen LogP contribution in [0, 0.1) is 0 Å². The van der Waals surface area contributed by atoms with Crippen molar-refractivity contribution in [3.05, 3.63) is 24.4 Å². The Labute approximate surface area is 116 Å². The molecule has 20 heavy (non-hydrogen) atoms. The van der Waals surface area contributed by atoms with E-state index in [-0.39, 0.29) is 17.9 Å². The molecule has 1 atom stereocenters. The minimum absolute atomic E-state index is 0.0997. The summed E-state index contributed by atoms with van der Waals surface area (Å²) >= 11 is 0. The van der Waals surface area contributed by atoms with Crippen molar-refractivity contribution in [2.75, 3.05) is 0 Å². The number of nitrogens with one attached hydrogen (secondary N) is 1. The number of carbonyl (C=O) groups excluding carboxylic acids is 1. The second kappa shape index (κ2) is 6.27. The van der Waals surface area contributed by atoms with Gasteiger partial charge < -0.3 is 9.84 Å². The van der Waals surface area contributed by atoms with E-state index in [2.05, 4.69) is 25.5 Å². The van der Waals surface area contributed by atoms with Crippen LogP contribution in [0.25, 0.3) is 0 Å². The minimum atomic E-state index is -0.307. The summed E-state index contributed by atoms with van der Waals surface area (Å²) in [6.45, 7) is 6.26. The Bertz CT molecular complexity index is 548. The summed E-state index contributed by atoms with van der Waals surface area (Å²) in [6.07, 6.45) is 3.33. The molecule has 0 saturated heterocycles. The van der Waals surface area contributed by atoms with Crippen molar-refractivity contribution in [2.45, 2.75) is 45.7 Å². The SMILES string of the molecule is CC(C)c1noc(C(C)NC(=O)CCn2cncn2)n1. The molecule has 1 unspecified atom stereocenters.